The molecule has 1 amide bonds. The number of hydrogen-bond acceptors (Lipinski definition) is 4. The van der Waals surface area contributed by atoms with Gasteiger partial charge in [-0.15, -0.1) is 24.0 Å². The van der Waals surface area contributed by atoms with Crippen LogP contribution in [0.3, 0.4) is 0 Å². The Hall–Kier alpha value is -0.770. The summed E-state index contributed by atoms with van der Waals surface area (Å²) in [6.45, 7) is 14.5. The predicted octanol–water partition coefficient (Wildman–Crippen LogP) is 2.41. The van der Waals surface area contributed by atoms with E-state index in [0.29, 0.717) is 6.54 Å². The Labute approximate surface area is 170 Å². The Morgan fingerprint density at radius 2 is 1.72 bits per heavy atom. The number of nitrogens with one attached hydrogen (secondary N) is 3. The van der Waals surface area contributed by atoms with Gasteiger partial charge in [-0.05, 0) is 68.6 Å². The molecular weight excluding hydrogens is 433 g/mol. The summed E-state index contributed by atoms with van der Waals surface area (Å²) < 4.78 is 5.30. The zero-order chi connectivity index (χ0) is 18.8. The van der Waals surface area contributed by atoms with Gasteiger partial charge in [-0.2, -0.15) is 0 Å². The van der Waals surface area contributed by atoms with Crippen LogP contribution in [0.2, 0.25) is 0 Å². The molecule has 0 heterocycles. The molecule has 0 spiro atoms. The summed E-state index contributed by atoms with van der Waals surface area (Å²) in [7, 11) is 4.12. The van der Waals surface area contributed by atoms with Crippen molar-refractivity contribution in [3.8, 4) is 0 Å². The molecule has 0 aliphatic carbocycles. The second-order valence-corrected chi connectivity index (χ2v) is 7.79. The number of alkyl carbamates (subject to hydrolysis) is 1. The number of ether oxygens (including phenoxy) is 1. The molecule has 0 atom stereocenters. The van der Waals surface area contributed by atoms with Crippen LogP contribution < -0.4 is 16.0 Å². The van der Waals surface area contributed by atoms with E-state index in [1.54, 1.807) is 0 Å². The van der Waals surface area contributed by atoms with Gasteiger partial charge < -0.3 is 25.6 Å². The molecule has 0 aromatic carbocycles. The third kappa shape index (κ3) is 16.4. The first-order chi connectivity index (χ1) is 10.9. The van der Waals surface area contributed by atoms with Crippen LogP contribution >= 0.6 is 24.0 Å². The molecule has 0 radical (unpaired) electrons. The van der Waals surface area contributed by atoms with E-state index in [1.165, 1.54) is 0 Å². The van der Waals surface area contributed by atoms with E-state index in [2.05, 4.69) is 39.9 Å². The van der Waals surface area contributed by atoms with Crippen LogP contribution in [-0.4, -0.2) is 68.4 Å². The standard InChI is InChI=1S/C17H37N5O2.HI/c1-9-18-14(19-11-10-12-22(7)8)20-13-17(5,6)21-15(23)24-16(2,3)4;/h9-13H2,1-8H3,(H,21,23)(H2,18,19,20);1H. The number of amides is 1. The van der Waals surface area contributed by atoms with E-state index in [0.717, 1.165) is 32.0 Å². The van der Waals surface area contributed by atoms with Crippen LogP contribution in [0.1, 0.15) is 48.0 Å². The van der Waals surface area contributed by atoms with Gasteiger partial charge in [0, 0.05) is 13.1 Å². The third-order valence-corrected chi connectivity index (χ3v) is 2.89. The number of halogens is 1. The Bertz CT molecular complexity index is 406. The highest BCUT2D eigenvalue weighted by Crippen LogP contribution is 2.09. The van der Waals surface area contributed by atoms with Crippen LogP contribution in [0.25, 0.3) is 0 Å². The summed E-state index contributed by atoms with van der Waals surface area (Å²) in [6.07, 6.45) is 0.614. The van der Waals surface area contributed by atoms with Crippen LogP contribution in [-0.2, 0) is 4.74 Å². The zero-order valence-electron chi connectivity index (χ0n) is 17.2. The molecule has 0 unspecified atom stereocenters. The summed E-state index contributed by atoms with van der Waals surface area (Å²) in [5.41, 5.74) is -0.999. The number of aliphatic imine (C=N–C) groups is 1. The van der Waals surface area contributed by atoms with Gasteiger partial charge in [0.05, 0.1) is 12.1 Å². The quantitative estimate of drug-likeness (QED) is 0.219. The number of carbonyl (C=O) groups is 1. The van der Waals surface area contributed by atoms with Crippen molar-refractivity contribution in [1.82, 2.24) is 20.9 Å². The summed E-state index contributed by atoms with van der Waals surface area (Å²) in [5, 5.41) is 9.39. The van der Waals surface area contributed by atoms with Gasteiger partial charge in [0.25, 0.3) is 0 Å². The number of nitrogens with zero attached hydrogens (tertiary/aromatic N) is 2. The molecule has 0 fully saturated rings. The van der Waals surface area contributed by atoms with Gasteiger partial charge in [0.2, 0.25) is 0 Å². The zero-order valence-corrected chi connectivity index (χ0v) is 19.5. The molecule has 0 saturated heterocycles. The Kier molecular flexibility index (Phi) is 13.3. The SMILES string of the molecule is CCNC(=NCC(C)(C)NC(=O)OC(C)(C)C)NCCCN(C)C.I. The molecule has 0 saturated carbocycles. The first-order valence-electron chi connectivity index (χ1n) is 8.63. The van der Waals surface area contributed by atoms with Gasteiger partial charge in [-0.1, -0.05) is 0 Å². The average molecular weight is 471 g/mol. The molecule has 0 aliphatic rings. The lowest BCUT2D eigenvalue weighted by Gasteiger charge is -2.27. The van der Waals surface area contributed by atoms with Crippen LogP contribution in [0.4, 0.5) is 4.79 Å². The minimum absolute atomic E-state index is 0. The first kappa shape index (κ1) is 26.5. The molecule has 0 aliphatic heterocycles. The van der Waals surface area contributed by atoms with Crippen molar-refractivity contribution < 1.29 is 9.53 Å². The minimum Gasteiger partial charge on any atom is -0.444 e. The van der Waals surface area contributed by atoms with Crippen molar-refractivity contribution in [2.75, 3.05) is 40.3 Å². The molecule has 0 bridgehead atoms. The molecule has 8 heteroatoms. The highest BCUT2D eigenvalue weighted by Gasteiger charge is 2.24. The summed E-state index contributed by atoms with van der Waals surface area (Å²) in [6, 6.07) is 0. The van der Waals surface area contributed by atoms with Crippen molar-refractivity contribution in [2.45, 2.75) is 59.1 Å². The second kappa shape index (κ2) is 12.6. The maximum atomic E-state index is 11.9. The highest BCUT2D eigenvalue weighted by atomic mass is 127. The van der Waals surface area contributed by atoms with Gasteiger partial charge in [-0.25, -0.2) is 4.79 Å². The monoisotopic (exact) mass is 471 g/mol. The first-order valence-corrected chi connectivity index (χ1v) is 8.63. The maximum Gasteiger partial charge on any atom is 0.408 e. The number of guanidine groups is 1. The van der Waals surface area contributed by atoms with Gasteiger partial charge in [-0.3, -0.25) is 4.99 Å². The molecule has 0 aromatic heterocycles. The van der Waals surface area contributed by atoms with Gasteiger partial charge in [0.1, 0.15) is 5.60 Å². The maximum absolute atomic E-state index is 11.9. The Morgan fingerprint density at radius 3 is 2.20 bits per heavy atom. The fraction of sp³-hybridized carbons (Fsp3) is 0.882. The van der Waals surface area contributed by atoms with Crippen LogP contribution in [0.5, 0.6) is 0 Å². The molecule has 0 rings (SSSR count). The van der Waals surface area contributed by atoms with Gasteiger partial charge >= 0.3 is 6.09 Å². The minimum atomic E-state index is -0.508. The molecule has 7 nitrogen and oxygen atoms in total. The normalized spacial score (nSPS) is 12.4. The molecular formula is C17H38IN5O2. The fourth-order valence-electron chi connectivity index (χ4n) is 1.84. The second-order valence-electron chi connectivity index (χ2n) is 7.79. The predicted molar refractivity (Wildman–Crippen MR) is 116 cm³/mol. The van der Waals surface area contributed by atoms with E-state index in [9.17, 15) is 4.79 Å². The van der Waals surface area contributed by atoms with Crippen LogP contribution in [0, 0.1) is 0 Å². The van der Waals surface area contributed by atoms with E-state index < -0.39 is 17.2 Å². The summed E-state index contributed by atoms with van der Waals surface area (Å²) in [5.74, 6) is 0.760. The summed E-state index contributed by atoms with van der Waals surface area (Å²) in [4.78, 5) is 18.6. The average Bonchev–Trinajstić information content (AvgIpc) is 2.37. The van der Waals surface area contributed by atoms with Crippen molar-refractivity contribution in [3.05, 3.63) is 0 Å². The third-order valence-electron chi connectivity index (χ3n) is 2.89. The van der Waals surface area contributed by atoms with Crippen molar-refractivity contribution in [3.63, 3.8) is 0 Å². The molecule has 150 valence electrons. The number of rotatable bonds is 8. The number of hydrogen-bond donors (Lipinski definition) is 3. The lowest BCUT2D eigenvalue weighted by molar-refractivity contribution is 0.0476. The lowest BCUT2D eigenvalue weighted by Crippen LogP contribution is -2.49. The smallest absolute Gasteiger partial charge is 0.408 e. The fourth-order valence-corrected chi connectivity index (χ4v) is 1.84. The van der Waals surface area contributed by atoms with Crippen molar-refractivity contribution >= 4 is 36.0 Å². The van der Waals surface area contributed by atoms with Gasteiger partial charge in [0.15, 0.2) is 5.96 Å². The van der Waals surface area contributed by atoms with E-state index in [4.69, 9.17) is 4.74 Å². The largest absolute Gasteiger partial charge is 0.444 e. The van der Waals surface area contributed by atoms with Crippen LogP contribution in [0.15, 0.2) is 4.99 Å². The van der Waals surface area contributed by atoms with Crippen molar-refractivity contribution in [2.24, 2.45) is 4.99 Å². The van der Waals surface area contributed by atoms with E-state index in [1.807, 2.05) is 41.5 Å². The molecule has 0 aromatic rings. The topological polar surface area (TPSA) is 78.0 Å². The Balaban J connectivity index is 0. The van der Waals surface area contributed by atoms with Crippen molar-refractivity contribution in [1.29, 1.82) is 0 Å². The summed E-state index contributed by atoms with van der Waals surface area (Å²) >= 11 is 0. The molecule has 3 N–H and O–H groups in total. The van der Waals surface area contributed by atoms with E-state index in [-0.39, 0.29) is 24.0 Å². The Morgan fingerprint density at radius 1 is 1.12 bits per heavy atom. The highest BCUT2D eigenvalue weighted by molar-refractivity contribution is 14.0. The molecule has 25 heavy (non-hydrogen) atoms. The van der Waals surface area contributed by atoms with E-state index >= 15 is 0 Å². The lowest BCUT2D eigenvalue weighted by atomic mass is 10.1. The number of carbonyl (C=O) groups excluding carboxylic acids is 1.